The van der Waals surface area contributed by atoms with Crippen molar-refractivity contribution in [3.05, 3.63) is 29.3 Å². The fourth-order valence-electron chi connectivity index (χ4n) is 1.56. The second kappa shape index (κ2) is 9.04. The largest absolute Gasteiger partial charge is 0.330 e. The van der Waals surface area contributed by atoms with Gasteiger partial charge in [-0.25, -0.2) is 0 Å². The summed E-state index contributed by atoms with van der Waals surface area (Å²) in [6, 6.07) is 7.72. The minimum absolute atomic E-state index is 0.412. The topological polar surface area (TPSA) is 35.5 Å². The Balaban J connectivity index is 2.37. The molecule has 0 atom stereocenters. The van der Waals surface area contributed by atoms with Gasteiger partial charge in [-0.2, -0.15) is 0 Å². The molecule has 0 aliphatic heterocycles. The Morgan fingerprint density at radius 2 is 1.84 bits per heavy atom. The first kappa shape index (κ1) is 17.1. The maximum absolute atomic E-state index is 12.2. The van der Waals surface area contributed by atoms with Crippen molar-refractivity contribution in [2.45, 2.75) is 25.2 Å². The normalized spacial score (nSPS) is 11.7. The average Bonchev–Trinajstić information content (AvgIpc) is 2.37. The highest BCUT2D eigenvalue weighted by Crippen LogP contribution is 2.48. The van der Waals surface area contributed by atoms with Gasteiger partial charge in [0.15, 0.2) is 0 Å². The number of benzene rings is 1. The molecule has 0 heterocycles. The molecule has 6 heteroatoms. The van der Waals surface area contributed by atoms with E-state index in [1.165, 1.54) is 0 Å². The second-order valence-corrected chi connectivity index (χ2v) is 7.53. The van der Waals surface area contributed by atoms with Gasteiger partial charge in [0.2, 0.25) is 0 Å². The lowest BCUT2D eigenvalue weighted by Crippen LogP contribution is -2.01. The van der Waals surface area contributed by atoms with Crippen LogP contribution in [0.2, 0.25) is 5.02 Å². The van der Waals surface area contributed by atoms with Gasteiger partial charge in [-0.15, -0.1) is 11.8 Å². The molecule has 0 aliphatic carbocycles. The van der Waals surface area contributed by atoms with E-state index in [0.29, 0.717) is 19.4 Å². The van der Waals surface area contributed by atoms with E-state index in [0.717, 1.165) is 22.1 Å². The molecule has 0 aliphatic rings. The zero-order valence-electron chi connectivity index (χ0n) is 11.3. The smallest absolute Gasteiger partial charge is 0.309 e. The van der Waals surface area contributed by atoms with Crippen molar-refractivity contribution in [1.82, 2.24) is 0 Å². The molecule has 1 aromatic rings. The van der Waals surface area contributed by atoms with Gasteiger partial charge in [-0.3, -0.25) is 4.57 Å². The van der Waals surface area contributed by atoms with Crippen molar-refractivity contribution in [2.75, 3.05) is 25.1 Å². The molecule has 0 N–H and O–H groups in total. The molecule has 1 rings (SSSR count). The summed E-state index contributed by atoms with van der Waals surface area (Å²) in [4.78, 5) is 1.05. The predicted octanol–water partition coefficient (Wildman–Crippen LogP) is 5.09. The van der Waals surface area contributed by atoms with Crippen LogP contribution in [0.3, 0.4) is 0 Å². The lowest BCUT2D eigenvalue weighted by molar-refractivity contribution is 0.220. The number of hydrogen-bond donors (Lipinski definition) is 0. The average molecular weight is 323 g/mol. The van der Waals surface area contributed by atoms with Gasteiger partial charge < -0.3 is 9.05 Å². The first-order chi connectivity index (χ1) is 9.11. The molecule has 3 nitrogen and oxygen atoms in total. The summed E-state index contributed by atoms with van der Waals surface area (Å²) in [5.41, 5.74) is 0. The van der Waals surface area contributed by atoms with Crippen LogP contribution in [-0.4, -0.2) is 25.1 Å². The van der Waals surface area contributed by atoms with E-state index in [-0.39, 0.29) is 0 Å². The fourth-order valence-corrected chi connectivity index (χ4v) is 4.63. The van der Waals surface area contributed by atoms with E-state index in [1.54, 1.807) is 11.8 Å². The minimum atomic E-state index is -2.90. The summed E-state index contributed by atoms with van der Waals surface area (Å²) in [7, 11) is -2.90. The summed E-state index contributed by atoms with van der Waals surface area (Å²) in [5, 5.41) is 0.755. The predicted molar refractivity (Wildman–Crippen MR) is 82.5 cm³/mol. The summed E-state index contributed by atoms with van der Waals surface area (Å²) in [6.45, 7) is 4.47. The van der Waals surface area contributed by atoms with Crippen LogP contribution in [0.15, 0.2) is 29.2 Å². The first-order valence-electron chi connectivity index (χ1n) is 6.36. The molecule has 0 bridgehead atoms. The number of thioether (sulfide) groups is 1. The Kier molecular flexibility index (Phi) is 8.12. The number of rotatable bonds is 9. The van der Waals surface area contributed by atoms with Gasteiger partial charge in [0, 0.05) is 4.90 Å². The van der Waals surface area contributed by atoms with E-state index in [9.17, 15) is 4.57 Å². The van der Waals surface area contributed by atoms with Gasteiger partial charge in [0.05, 0.1) is 24.4 Å². The quantitative estimate of drug-likeness (QED) is 0.360. The van der Waals surface area contributed by atoms with Crippen LogP contribution in [0.1, 0.15) is 20.3 Å². The summed E-state index contributed by atoms with van der Waals surface area (Å²) >= 11 is 7.73. The van der Waals surface area contributed by atoms with Gasteiger partial charge in [0.1, 0.15) is 0 Å². The highest BCUT2D eigenvalue weighted by molar-refractivity contribution is 7.99. The summed E-state index contributed by atoms with van der Waals surface area (Å²) < 4.78 is 22.7. The molecule has 0 saturated heterocycles. The highest BCUT2D eigenvalue weighted by atomic mass is 35.5. The van der Waals surface area contributed by atoms with E-state index < -0.39 is 7.60 Å². The van der Waals surface area contributed by atoms with Crippen molar-refractivity contribution in [2.24, 2.45) is 0 Å². The van der Waals surface area contributed by atoms with Crippen molar-refractivity contribution in [3.63, 3.8) is 0 Å². The maximum Gasteiger partial charge on any atom is 0.330 e. The lowest BCUT2D eigenvalue weighted by Gasteiger charge is -2.16. The van der Waals surface area contributed by atoms with Gasteiger partial charge in [-0.05, 0) is 38.2 Å². The zero-order chi connectivity index (χ0) is 14.1. The van der Waals surface area contributed by atoms with Crippen molar-refractivity contribution in [3.8, 4) is 0 Å². The number of hydrogen-bond acceptors (Lipinski definition) is 4. The molecular weight excluding hydrogens is 303 g/mol. The molecule has 19 heavy (non-hydrogen) atoms. The lowest BCUT2D eigenvalue weighted by atomic mass is 10.4. The fraction of sp³-hybridized carbons (Fsp3) is 0.538. The standard InChI is InChI=1S/C13H20ClO3PS/c1-3-16-18(15,17-4-2)10-7-11-19-13-9-6-5-8-12(13)14/h5-6,8-9H,3-4,7,10-11H2,1-2H3. The highest BCUT2D eigenvalue weighted by Gasteiger charge is 2.22. The SMILES string of the molecule is CCOP(=O)(CCCSc1ccccc1Cl)OCC. The third-order valence-electron chi connectivity index (χ3n) is 2.32. The second-order valence-electron chi connectivity index (χ2n) is 3.80. The van der Waals surface area contributed by atoms with E-state index >= 15 is 0 Å². The Labute approximate surface area is 124 Å². The van der Waals surface area contributed by atoms with Crippen LogP contribution in [-0.2, 0) is 13.6 Å². The van der Waals surface area contributed by atoms with Crippen LogP contribution in [0.25, 0.3) is 0 Å². The zero-order valence-corrected chi connectivity index (χ0v) is 13.8. The summed E-state index contributed by atoms with van der Waals surface area (Å²) in [6.07, 6.45) is 1.22. The van der Waals surface area contributed by atoms with E-state index in [4.69, 9.17) is 20.6 Å². The molecule has 0 amide bonds. The Morgan fingerprint density at radius 3 is 2.42 bits per heavy atom. The van der Waals surface area contributed by atoms with Gasteiger partial charge in [0.25, 0.3) is 0 Å². The van der Waals surface area contributed by atoms with E-state index in [2.05, 4.69) is 0 Å². The minimum Gasteiger partial charge on any atom is -0.309 e. The van der Waals surface area contributed by atoms with Crippen LogP contribution in [0, 0.1) is 0 Å². The van der Waals surface area contributed by atoms with Gasteiger partial charge >= 0.3 is 7.60 Å². The first-order valence-corrected chi connectivity index (χ1v) is 9.46. The van der Waals surface area contributed by atoms with Crippen LogP contribution in [0.5, 0.6) is 0 Å². The molecule has 1 aromatic carbocycles. The Morgan fingerprint density at radius 1 is 1.21 bits per heavy atom. The van der Waals surface area contributed by atoms with Gasteiger partial charge in [-0.1, -0.05) is 23.7 Å². The molecule has 0 radical (unpaired) electrons. The van der Waals surface area contributed by atoms with Crippen LogP contribution in [0.4, 0.5) is 0 Å². The molecule has 0 spiro atoms. The third kappa shape index (κ3) is 6.33. The van der Waals surface area contributed by atoms with Crippen LogP contribution >= 0.6 is 31.0 Å². The monoisotopic (exact) mass is 322 g/mol. The van der Waals surface area contributed by atoms with Crippen molar-refractivity contribution >= 4 is 31.0 Å². The van der Waals surface area contributed by atoms with Crippen molar-refractivity contribution < 1.29 is 13.6 Å². The molecular formula is C13H20ClO3PS. The molecule has 108 valence electrons. The van der Waals surface area contributed by atoms with Crippen LogP contribution < -0.4 is 0 Å². The summed E-state index contributed by atoms with van der Waals surface area (Å²) in [5.74, 6) is 0.841. The van der Waals surface area contributed by atoms with E-state index in [1.807, 2.05) is 38.1 Å². The molecule has 0 unspecified atom stereocenters. The Hall–Kier alpha value is 0.01000. The maximum atomic E-state index is 12.2. The molecule has 0 saturated carbocycles. The van der Waals surface area contributed by atoms with Crippen molar-refractivity contribution in [1.29, 1.82) is 0 Å². The third-order valence-corrected chi connectivity index (χ3v) is 6.09. The molecule has 0 aromatic heterocycles. The molecule has 0 fully saturated rings. The number of halogens is 1. The Bertz CT molecular complexity index is 418.